The normalized spacial score (nSPS) is 23.9. The minimum Gasteiger partial charge on any atom is -0.469 e. The van der Waals surface area contributed by atoms with Crippen LogP contribution >= 0.6 is 0 Å². The minimum atomic E-state index is -1.37. The Bertz CT molecular complexity index is 533. The van der Waals surface area contributed by atoms with E-state index in [1.807, 2.05) is 6.07 Å². The Morgan fingerprint density at radius 1 is 1.30 bits per heavy atom. The first kappa shape index (κ1) is 18.7. The molecule has 0 spiro atoms. The van der Waals surface area contributed by atoms with Gasteiger partial charge in [-0.2, -0.15) is 5.26 Å². The molecular formula is C15H22N2O6. The highest BCUT2D eigenvalue weighted by Crippen LogP contribution is 2.50. The molecule has 1 aliphatic rings. The predicted octanol–water partition coefficient (Wildman–Crippen LogP) is 1.15. The highest BCUT2D eigenvalue weighted by molar-refractivity contribution is 5.91. The van der Waals surface area contributed by atoms with Crippen LogP contribution in [0.1, 0.15) is 33.6 Å². The molecule has 0 bridgehead atoms. The summed E-state index contributed by atoms with van der Waals surface area (Å²) in [5.74, 6) is -2.68. The van der Waals surface area contributed by atoms with E-state index in [9.17, 15) is 14.4 Å². The van der Waals surface area contributed by atoms with Crippen molar-refractivity contribution in [3.63, 3.8) is 0 Å². The lowest BCUT2D eigenvalue weighted by atomic mass is 9.96. The largest absolute Gasteiger partial charge is 0.469 e. The summed E-state index contributed by atoms with van der Waals surface area (Å²) in [6, 6.07) is 1.89. The molecule has 128 valence electrons. The van der Waals surface area contributed by atoms with Crippen LogP contribution in [0.15, 0.2) is 0 Å². The summed E-state index contributed by atoms with van der Waals surface area (Å²) < 4.78 is 14.6. The first-order valence-corrected chi connectivity index (χ1v) is 7.15. The van der Waals surface area contributed by atoms with Crippen molar-refractivity contribution in [2.75, 3.05) is 14.2 Å². The summed E-state index contributed by atoms with van der Waals surface area (Å²) in [4.78, 5) is 35.9. The molecular weight excluding hydrogens is 304 g/mol. The van der Waals surface area contributed by atoms with Gasteiger partial charge >= 0.3 is 18.0 Å². The van der Waals surface area contributed by atoms with Gasteiger partial charge in [0.15, 0.2) is 0 Å². The molecule has 8 heteroatoms. The second-order valence-corrected chi connectivity index (χ2v) is 6.39. The summed E-state index contributed by atoms with van der Waals surface area (Å²) in [6.45, 7) is 5.07. The van der Waals surface area contributed by atoms with Gasteiger partial charge in [-0.3, -0.25) is 4.79 Å². The average Bonchev–Trinajstić information content (AvgIpc) is 3.15. The number of nitrogens with one attached hydrogen (secondary N) is 1. The number of methoxy groups -OCH3 is 2. The highest BCUT2D eigenvalue weighted by Gasteiger charge is 2.66. The highest BCUT2D eigenvalue weighted by atomic mass is 16.6. The van der Waals surface area contributed by atoms with Gasteiger partial charge < -0.3 is 19.5 Å². The third-order valence-corrected chi connectivity index (χ3v) is 3.59. The smallest absolute Gasteiger partial charge is 0.408 e. The van der Waals surface area contributed by atoms with Crippen LogP contribution in [0.5, 0.6) is 0 Å². The number of hydrogen-bond donors (Lipinski definition) is 1. The van der Waals surface area contributed by atoms with Gasteiger partial charge in [0.25, 0.3) is 0 Å². The Balaban J connectivity index is 2.96. The molecule has 0 heterocycles. The van der Waals surface area contributed by atoms with E-state index >= 15 is 0 Å². The quantitative estimate of drug-likeness (QED) is 0.595. The molecule has 1 fully saturated rings. The maximum atomic E-state index is 12.1. The summed E-state index contributed by atoms with van der Waals surface area (Å²) in [5, 5.41) is 11.4. The van der Waals surface area contributed by atoms with Crippen LogP contribution in [0.3, 0.4) is 0 Å². The van der Waals surface area contributed by atoms with Crippen molar-refractivity contribution in [3.05, 3.63) is 0 Å². The number of esters is 2. The second kappa shape index (κ2) is 6.86. The first-order valence-electron chi connectivity index (χ1n) is 7.15. The molecule has 1 aliphatic carbocycles. The molecule has 1 saturated carbocycles. The number of carbonyl (C=O) groups is 3. The summed E-state index contributed by atoms with van der Waals surface area (Å²) in [5.41, 5.74) is -2.10. The molecule has 1 amide bonds. The number of ether oxygens (including phenoxy) is 3. The molecule has 3 atom stereocenters. The zero-order valence-corrected chi connectivity index (χ0v) is 14.0. The fourth-order valence-corrected chi connectivity index (χ4v) is 2.51. The zero-order chi connectivity index (χ0) is 17.8. The lowest BCUT2D eigenvalue weighted by Crippen LogP contribution is -2.48. The van der Waals surface area contributed by atoms with Crippen LogP contribution in [-0.2, 0) is 23.8 Å². The number of hydrogen-bond acceptors (Lipinski definition) is 7. The number of alkyl carbamates (subject to hydrolysis) is 1. The van der Waals surface area contributed by atoms with E-state index in [1.165, 1.54) is 14.2 Å². The van der Waals surface area contributed by atoms with E-state index in [0.717, 1.165) is 0 Å². The van der Waals surface area contributed by atoms with Crippen molar-refractivity contribution in [3.8, 4) is 6.07 Å². The molecule has 8 nitrogen and oxygen atoms in total. The van der Waals surface area contributed by atoms with Crippen molar-refractivity contribution in [2.45, 2.75) is 44.8 Å². The molecule has 0 aromatic rings. The molecule has 0 aromatic carbocycles. The van der Waals surface area contributed by atoms with Crippen molar-refractivity contribution < 1.29 is 28.6 Å². The number of carbonyl (C=O) groups excluding carboxylic acids is 3. The van der Waals surface area contributed by atoms with Gasteiger partial charge in [0, 0.05) is 12.3 Å². The van der Waals surface area contributed by atoms with E-state index in [2.05, 4.69) is 10.1 Å². The van der Waals surface area contributed by atoms with Gasteiger partial charge in [-0.15, -0.1) is 0 Å². The number of amides is 1. The van der Waals surface area contributed by atoms with E-state index in [-0.39, 0.29) is 12.8 Å². The molecule has 23 heavy (non-hydrogen) atoms. The summed E-state index contributed by atoms with van der Waals surface area (Å²) >= 11 is 0. The van der Waals surface area contributed by atoms with Crippen LogP contribution in [0.4, 0.5) is 4.79 Å². The summed E-state index contributed by atoms with van der Waals surface area (Å²) in [6.07, 6.45) is -0.724. The molecule has 1 N–H and O–H groups in total. The van der Waals surface area contributed by atoms with Crippen LogP contribution < -0.4 is 5.32 Å². The Morgan fingerprint density at radius 3 is 2.35 bits per heavy atom. The molecule has 0 aliphatic heterocycles. The Morgan fingerprint density at radius 2 is 1.91 bits per heavy atom. The molecule has 0 aromatic heterocycles. The Kier molecular flexibility index (Phi) is 5.59. The zero-order valence-electron chi connectivity index (χ0n) is 14.0. The topological polar surface area (TPSA) is 115 Å². The van der Waals surface area contributed by atoms with Crippen molar-refractivity contribution >= 4 is 18.0 Å². The van der Waals surface area contributed by atoms with Gasteiger partial charge in [-0.05, 0) is 27.2 Å². The molecule has 0 radical (unpaired) electrons. The lowest BCUT2D eigenvalue weighted by molar-refractivity contribution is -0.148. The maximum absolute atomic E-state index is 12.1. The van der Waals surface area contributed by atoms with Crippen LogP contribution in [-0.4, -0.2) is 43.4 Å². The Hall–Kier alpha value is -2.30. The van der Waals surface area contributed by atoms with E-state index < -0.39 is 41.0 Å². The average molecular weight is 326 g/mol. The number of rotatable bonds is 5. The van der Waals surface area contributed by atoms with Crippen molar-refractivity contribution in [1.82, 2.24) is 5.32 Å². The minimum absolute atomic E-state index is 0.119. The van der Waals surface area contributed by atoms with Gasteiger partial charge in [-0.1, -0.05) is 0 Å². The lowest BCUT2D eigenvalue weighted by Gasteiger charge is -2.24. The van der Waals surface area contributed by atoms with Crippen LogP contribution in [0, 0.1) is 23.2 Å². The predicted molar refractivity (Wildman–Crippen MR) is 78.0 cm³/mol. The SMILES string of the molecule is COC(=O)[C@@H](CC#N)C1CC1(NC(=O)OC(C)(C)C)C(=O)OC. The van der Waals surface area contributed by atoms with E-state index in [1.54, 1.807) is 20.8 Å². The third-order valence-electron chi connectivity index (χ3n) is 3.59. The molecule has 1 rings (SSSR count). The summed E-state index contributed by atoms with van der Waals surface area (Å²) in [7, 11) is 2.39. The van der Waals surface area contributed by atoms with Crippen molar-refractivity contribution in [2.24, 2.45) is 11.8 Å². The number of nitrogens with zero attached hydrogens (tertiary/aromatic N) is 1. The van der Waals surface area contributed by atoms with Crippen molar-refractivity contribution in [1.29, 1.82) is 5.26 Å². The molecule has 0 saturated heterocycles. The van der Waals surface area contributed by atoms with Crippen LogP contribution in [0.25, 0.3) is 0 Å². The molecule has 2 unspecified atom stereocenters. The fraction of sp³-hybridized carbons (Fsp3) is 0.733. The third kappa shape index (κ3) is 4.34. The maximum Gasteiger partial charge on any atom is 0.408 e. The van der Waals surface area contributed by atoms with E-state index in [4.69, 9.17) is 14.7 Å². The fourth-order valence-electron chi connectivity index (χ4n) is 2.51. The van der Waals surface area contributed by atoms with Gasteiger partial charge in [0.05, 0.1) is 26.2 Å². The second-order valence-electron chi connectivity index (χ2n) is 6.39. The van der Waals surface area contributed by atoms with Gasteiger partial charge in [-0.25, -0.2) is 9.59 Å². The standard InChI is InChI=1S/C15H22N2O6/c1-14(2,3)23-13(20)17-15(12(19)22-5)8-10(15)9(6-7-16)11(18)21-4/h9-10H,6,8H2,1-5H3,(H,17,20)/t9-,10?,15?/m0/s1. The number of nitriles is 1. The first-order chi connectivity index (χ1) is 10.6. The monoisotopic (exact) mass is 326 g/mol. The van der Waals surface area contributed by atoms with E-state index in [0.29, 0.717) is 0 Å². The van der Waals surface area contributed by atoms with Gasteiger partial charge in [0.1, 0.15) is 11.1 Å². The van der Waals surface area contributed by atoms with Gasteiger partial charge in [0.2, 0.25) is 0 Å². The Labute approximate surface area is 135 Å². The van der Waals surface area contributed by atoms with Crippen LogP contribution in [0.2, 0.25) is 0 Å².